The molecule has 4 heteroatoms. The van der Waals surface area contributed by atoms with Crippen molar-refractivity contribution in [3.05, 3.63) is 95.1 Å². The number of carbonyl (C=O) groups excluding carboxylic acids is 2. The van der Waals surface area contributed by atoms with Gasteiger partial charge in [0.15, 0.2) is 5.78 Å². The van der Waals surface area contributed by atoms with Gasteiger partial charge >= 0.3 is 0 Å². The summed E-state index contributed by atoms with van der Waals surface area (Å²) in [5.74, 6) is -0.217. The van der Waals surface area contributed by atoms with E-state index in [0.29, 0.717) is 11.1 Å². The topological polar surface area (TPSA) is 58.2 Å². The van der Waals surface area contributed by atoms with E-state index in [4.69, 9.17) is 0 Å². The summed E-state index contributed by atoms with van der Waals surface area (Å²) in [5, 5.41) is 6.04. The van der Waals surface area contributed by atoms with Crippen molar-refractivity contribution in [3.8, 4) is 0 Å². The molecule has 0 atom stereocenters. The summed E-state index contributed by atoms with van der Waals surface area (Å²) in [6, 6.07) is 23.0. The number of nitrogens with one attached hydrogen (secondary N) is 2. The average Bonchev–Trinajstić information content (AvgIpc) is 2.74. The second-order valence-electron chi connectivity index (χ2n) is 7.62. The Kier molecular flexibility index (Phi) is 5.83. The lowest BCUT2D eigenvalue weighted by molar-refractivity contribution is 0.101. The molecule has 0 bridgehead atoms. The summed E-state index contributed by atoms with van der Waals surface area (Å²) in [7, 11) is 1.91. The van der Waals surface area contributed by atoms with Gasteiger partial charge in [0.1, 0.15) is 0 Å². The Labute approximate surface area is 172 Å². The van der Waals surface area contributed by atoms with Crippen LogP contribution in [0.2, 0.25) is 0 Å². The molecule has 0 aliphatic rings. The molecule has 4 nitrogen and oxygen atoms in total. The quantitative estimate of drug-likeness (QED) is 0.549. The van der Waals surface area contributed by atoms with Gasteiger partial charge in [0.2, 0.25) is 0 Å². The minimum absolute atomic E-state index is 0.0178. The van der Waals surface area contributed by atoms with Gasteiger partial charge in [-0.1, -0.05) is 50.2 Å². The van der Waals surface area contributed by atoms with Gasteiger partial charge in [-0.15, -0.1) is 0 Å². The van der Waals surface area contributed by atoms with Crippen LogP contribution in [0.3, 0.4) is 0 Å². The van der Waals surface area contributed by atoms with Gasteiger partial charge in [-0.05, 0) is 54.4 Å². The molecule has 0 radical (unpaired) electrons. The van der Waals surface area contributed by atoms with E-state index in [1.807, 2.05) is 31.3 Å². The van der Waals surface area contributed by atoms with Crippen LogP contribution in [0.4, 0.5) is 11.4 Å². The van der Waals surface area contributed by atoms with Crippen LogP contribution < -0.4 is 10.6 Å². The number of amides is 1. The fraction of sp³-hybridized carbons (Fsp3) is 0.200. The predicted molar refractivity (Wildman–Crippen MR) is 119 cm³/mol. The minimum Gasteiger partial charge on any atom is -0.388 e. The Bertz CT molecular complexity index is 1000. The van der Waals surface area contributed by atoms with Gasteiger partial charge in [0, 0.05) is 35.0 Å². The highest BCUT2D eigenvalue weighted by molar-refractivity contribution is 6.05. The van der Waals surface area contributed by atoms with Crippen molar-refractivity contribution in [2.75, 3.05) is 17.7 Å². The number of ketones is 1. The van der Waals surface area contributed by atoms with Crippen molar-refractivity contribution in [3.63, 3.8) is 0 Å². The highest BCUT2D eigenvalue weighted by Crippen LogP contribution is 2.32. The third-order valence-corrected chi connectivity index (χ3v) is 5.31. The first-order valence-corrected chi connectivity index (χ1v) is 9.62. The molecule has 29 heavy (non-hydrogen) atoms. The molecule has 0 saturated carbocycles. The van der Waals surface area contributed by atoms with Crippen molar-refractivity contribution < 1.29 is 9.59 Å². The first-order valence-electron chi connectivity index (χ1n) is 9.62. The summed E-state index contributed by atoms with van der Waals surface area (Å²) >= 11 is 0. The van der Waals surface area contributed by atoms with Crippen LogP contribution in [0, 0.1) is 0 Å². The van der Waals surface area contributed by atoms with Gasteiger partial charge in [-0.3, -0.25) is 9.59 Å². The molecule has 0 aliphatic heterocycles. The lowest BCUT2D eigenvalue weighted by atomic mass is 9.78. The van der Waals surface area contributed by atoms with E-state index in [1.54, 1.807) is 24.3 Å². The van der Waals surface area contributed by atoms with Crippen LogP contribution in [0.25, 0.3) is 0 Å². The van der Waals surface area contributed by atoms with E-state index in [1.165, 1.54) is 18.1 Å². The third kappa shape index (κ3) is 4.54. The Morgan fingerprint density at radius 2 is 1.14 bits per heavy atom. The van der Waals surface area contributed by atoms with Gasteiger partial charge in [0.05, 0.1) is 0 Å². The van der Waals surface area contributed by atoms with Crippen LogP contribution in [0.1, 0.15) is 52.6 Å². The fourth-order valence-electron chi connectivity index (χ4n) is 3.25. The van der Waals surface area contributed by atoms with E-state index in [2.05, 4.69) is 48.7 Å². The van der Waals surface area contributed by atoms with Crippen molar-refractivity contribution in [1.29, 1.82) is 0 Å². The lowest BCUT2D eigenvalue weighted by Crippen LogP contribution is -2.19. The van der Waals surface area contributed by atoms with Crippen LogP contribution in [-0.4, -0.2) is 18.7 Å². The van der Waals surface area contributed by atoms with Crippen LogP contribution in [-0.2, 0) is 5.41 Å². The SMILES string of the molecule is CNc1ccc(C(C)(C)c2ccc(NC(=O)c3ccc(C(C)=O)cc3)cc2)cc1. The largest absolute Gasteiger partial charge is 0.388 e. The van der Waals surface area contributed by atoms with Crippen molar-refractivity contribution >= 4 is 23.1 Å². The van der Waals surface area contributed by atoms with E-state index in [0.717, 1.165) is 11.4 Å². The highest BCUT2D eigenvalue weighted by atomic mass is 16.1. The summed E-state index contributed by atoms with van der Waals surface area (Å²) in [6.45, 7) is 5.88. The molecule has 0 aromatic heterocycles. The molecule has 1 amide bonds. The van der Waals surface area contributed by atoms with Gasteiger partial charge in [-0.25, -0.2) is 0 Å². The molecular formula is C25H26N2O2. The Balaban J connectivity index is 1.73. The normalized spacial score (nSPS) is 11.0. The number of benzene rings is 3. The highest BCUT2D eigenvalue weighted by Gasteiger charge is 2.23. The number of hydrogen-bond acceptors (Lipinski definition) is 3. The predicted octanol–water partition coefficient (Wildman–Crippen LogP) is 5.51. The first kappa shape index (κ1) is 20.3. The zero-order chi connectivity index (χ0) is 21.0. The molecule has 0 aliphatic carbocycles. The van der Waals surface area contributed by atoms with E-state index in [-0.39, 0.29) is 17.1 Å². The maximum atomic E-state index is 12.5. The standard InChI is InChI=1S/C25H26N2O2/c1-17(28)18-5-7-19(8-6-18)24(29)27-23-15-11-21(12-16-23)25(2,3)20-9-13-22(26-4)14-10-20/h5-16,26H,1-4H3,(H,27,29). The maximum Gasteiger partial charge on any atom is 0.255 e. The molecule has 0 saturated heterocycles. The number of anilines is 2. The zero-order valence-electron chi connectivity index (χ0n) is 17.2. The molecule has 0 heterocycles. The van der Waals surface area contributed by atoms with E-state index < -0.39 is 0 Å². The van der Waals surface area contributed by atoms with Crippen LogP contribution in [0.15, 0.2) is 72.8 Å². The lowest BCUT2D eigenvalue weighted by Gasteiger charge is -2.26. The summed E-state index contributed by atoms with van der Waals surface area (Å²) < 4.78 is 0. The summed E-state index contributed by atoms with van der Waals surface area (Å²) in [5.41, 5.74) is 5.16. The van der Waals surface area contributed by atoms with Crippen molar-refractivity contribution in [1.82, 2.24) is 0 Å². The molecule has 3 aromatic rings. The fourth-order valence-corrected chi connectivity index (χ4v) is 3.25. The molecule has 148 valence electrons. The van der Waals surface area contributed by atoms with Crippen LogP contribution in [0.5, 0.6) is 0 Å². The molecule has 0 spiro atoms. The van der Waals surface area contributed by atoms with Crippen molar-refractivity contribution in [2.45, 2.75) is 26.2 Å². The van der Waals surface area contributed by atoms with Gasteiger partial charge in [-0.2, -0.15) is 0 Å². The summed E-state index contributed by atoms with van der Waals surface area (Å²) in [6.07, 6.45) is 0. The first-order chi connectivity index (χ1) is 13.8. The molecule has 0 unspecified atom stereocenters. The molecule has 3 rings (SSSR count). The smallest absolute Gasteiger partial charge is 0.255 e. The molecule has 2 N–H and O–H groups in total. The second-order valence-corrected chi connectivity index (χ2v) is 7.62. The molecule has 0 fully saturated rings. The van der Waals surface area contributed by atoms with E-state index >= 15 is 0 Å². The number of carbonyl (C=O) groups is 2. The Morgan fingerprint density at radius 1 is 0.690 bits per heavy atom. The summed E-state index contributed by atoms with van der Waals surface area (Å²) in [4.78, 5) is 23.8. The number of rotatable bonds is 6. The van der Waals surface area contributed by atoms with Gasteiger partial charge in [0.25, 0.3) is 5.91 Å². The number of hydrogen-bond donors (Lipinski definition) is 2. The average molecular weight is 386 g/mol. The number of Topliss-reactive ketones (excluding diaryl/α,β-unsaturated/α-hetero) is 1. The second kappa shape index (κ2) is 8.31. The van der Waals surface area contributed by atoms with Crippen molar-refractivity contribution in [2.24, 2.45) is 0 Å². The maximum absolute atomic E-state index is 12.5. The zero-order valence-corrected chi connectivity index (χ0v) is 17.2. The molecule has 3 aromatic carbocycles. The minimum atomic E-state index is -0.199. The van der Waals surface area contributed by atoms with Gasteiger partial charge < -0.3 is 10.6 Å². The Hall–Kier alpha value is -3.40. The molecular weight excluding hydrogens is 360 g/mol. The Morgan fingerprint density at radius 3 is 1.59 bits per heavy atom. The monoisotopic (exact) mass is 386 g/mol. The third-order valence-electron chi connectivity index (χ3n) is 5.31. The van der Waals surface area contributed by atoms with E-state index in [9.17, 15) is 9.59 Å². The van der Waals surface area contributed by atoms with Crippen LogP contribution >= 0.6 is 0 Å².